The minimum atomic E-state index is -1.10. The summed E-state index contributed by atoms with van der Waals surface area (Å²) in [5.74, 6) is -4.83. The smallest absolute Gasteiger partial charge is 0.335 e. The Morgan fingerprint density at radius 2 is 1.49 bits per heavy atom. The highest BCUT2D eigenvalue weighted by Crippen LogP contribution is 2.35. The molecule has 3 heterocycles. The number of aromatic carboxylic acids is 2. The van der Waals surface area contributed by atoms with Crippen LogP contribution in [0, 0.1) is 11.8 Å². The van der Waals surface area contributed by atoms with Crippen LogP contribution in [0.1, 0.15) is 41.0 Å². The average molecular weight is 608 g/mol. The fourth-order valence-electron chi connectivity index (χ4n) is 5.72. The van der Waals surface area contributed by atoms with E-state index in [2.05, 4.69) is 15.5 Å². The van der Waals surface area contributed by atoms with E-state index in [4.69, 9.17) is 10.2 Å². The number of hydrazine groups is 1. The lowest BCUT2D eigenvalue weighted by Gasteiger charge is -2.17. The van der Waals surface area contributed by atoms with Crippen LogP contribution in [0.4, 0.5) is 5.69 Å². The summed E-state index contributed by atoms with van der Waals surface area (Å²) in [6, 6.07) is 11.4. The van der Waals surface area contributed by atoms with Gasteiger partial charge in [0.25, 0.3) is 17.4 Å². The second-order valence-corrected chi connectivity index (χ2v) is 10.8. The number of carbonyl (C=O) groups is 5. The van der Waals surface area contributed by atoms with Crippen molar-refractivity contribution in [2.75, 3.05) is 5.01 Å². The van der Waals surface area contributed by atoms with Gasteiger partial charge in [0.2, 0.25) is 0 Å². The summed E-state index contributed by atoms with van der Waals surface area (Å²) in [5.41, 5.74) is 5.26. The topological polar surface area (TPSA) is 191 Å². The van der Waals surface area contributed by atoms with Gasteiger partial charge in [-0.25, -0.2) is 19.3 Å². The predicted octanol–water partition coefficient (Wildman–Crippen LogP) is 1.41. The zero-order valence-electron chi connectivity index (χ0n) is 23.9. The molecule has 6 rings (SSSR count). The van der Waals surface area contributed by atoms with Gasteiger partial charge in [-0.3, -0.25) is 29.7 Å². The average Bonchev–Trinajstić information content (AvgIpc) is 3.52. The van der Waals surface area contributed by atoms with E-state index in [1.807, 2.05) is 0 Å². The van der Waals surface area contributed by atoms with Crippen molar-refractivity contribution in [3.63, 3.8) is 0 Å². The third-order valence-corrected chi connectivity index (χ3v) is 8.14. The Morgan fingerprint density at radius 1 is 0.889 bits per heavy atom. The second kappa shape index (κ2) is 10.9. The quantitative estimate of drug-likeness (QED) is 0.307. The Balaban J connectivity index is 1.24. The number of allylic oxidation sites excluding steroid dienone is 4. The number of carbonyl (C=O) groups excluding carboxylic acids is 3. The minimum Gasteiger partial charge on any atom is -0.478 e. The largest absolute Gasteiger partial charge is 0.478 e. The monoisotopic (exact) mass is 607 g/mol. The van der Waals surface area contributed by atoms with Gasteiger partial charge < -0.3 is 10.2 Å². The van der Waals surface area contributed by atoms with Crippen molar-refractivity contribution in [1.29, 1.82) is 0 Å². The number of carboxylic acids is 2. The Morgan fingerprint density at radius 3 is 2.09 bits per heavy atom. The van der Waals surface area contributed by atoms with Crippen LogP contribution in [-0.2, 0) is 14.4 Å². The predicted molar refractivity (Wildman–Crippen MR) is 159 cm³/mol. The molecule has 0 saturated carbocycles. The maximum absolute atomic E-state index is 13.3. The first kappa shape index (κ1) is 29.0. The van der Waals surface area contributed by atoms with Crippen molar-refractivity contribution in [3.05, 3.63) is 116 Å². The van der Waals surface area contributed by atoms with E-state index in [1.165, 1.54) is 64.3 Å². The van der Waals surface area contributed by atoms with Crippen LogP contribution in [0.2, 0.25) is 0 Å². The molecule has 0 spiro atoms. The molecule has 2 aliphatic heterocycles. The molecule has 2 amide bonds. The number of H-pyrrole nitrogens is 1. The number of anilines is 1. The van der Waals surface area contributed by atoms with Gasteiger partial charge in [0, 0.05) is 11.6 Å². The molecular formula is C32H25N5O8. The Bertz CT molecular complexity index is 2110. The van der Waals surface area contributed by atoms with Crippen LogP contribution in [0.15, 0.2) is 93.4 Å². The molecule has 3 aliphatic rings. The molecule has 0 radical (unpaired) electrons. The first-order chi connectivity index (χ1) is 21.5. The van der Waals surface area contributed by atoms with Crippen molar-refractivity contribution in [1.82, 2.24) is 15.2 Å². The summed E-state index contributed by atoms with van der Waals surface area (Å²) in [6.45, 7) is 3.35. The van der Waals surface area contributed by atoms with Gasteiger partial charge in [-0.2, -0.15) is 4.99 Å². The fourth-order valence-corrected chi connectivity index (χ4v) is 5.72. The van der Waals surface area contributed by atoms with E-state index >= 15 is 0 Å². The molecule has 4 N–H and O–H groups in total. The normalized spacial score (nSPS) is 19.3. The summed E-state index contributed by atoms with van der Waals surface area (Å²) >= 11 is 0. The van der Waals surface area contributed by atoms with Crippen molar-refractivity contribution in [3.8, 4) is 5.69 Å². The number of ketones is 1. The molecule has 1 aliphatic carbocycles. The van der Waals surface area contributed by atoms with Gasteiger partial charge in [0.1, 0.15) is 5.92 Å². The van der Waals surface area contributed by atoms with Crippen LogP contribution >= 0.6 is 0 Å². The summed E-state index contributed by atoms with van der Waals surface area (Å²) < 4.78 is 1.20. The lowest BCUT2D eigenvalue weighted by Crippen LogP contribution is -2.42. The number of nitrogens with zero attached hydrogens (tertiary/aromatic N) is 3. The lowest BCUT2D eigenvalue weighted by molar-refractivity contribution is -0.120. The third kappa shape index (κ3) is 4.89. The standard InChI is InChI=1S/C32H25N5O8/c1-15-21(24(38)14-23-25(15)29(40)36(34-23)19-10-6-17(7-11-19)31(42)43)4-3-5-22-16(2)26-27(33-28(22)39)35-37(30(26)41)20-12-8-18(9-13-20)32(44)45/h3-4,6-14,22,25,34H,5H2,1-2H3,(H,42,43)(H,44,45)(H,33,35,39)/b4-3+. The minimum absolute atomic E-state index is 0.0595. The first-order valence-corrected chi connectivity index (χ1v) is 13.8. The molecule has 226 valence electrons. The number of hydrogen-bond donors (Lipinski definition) is 4. The zero-order valence-corrected chi connectivity index (χ0v) is 23.9. The number of amides is 2. The van der Waals surface area contributed by atoms with E-state index in [0.717, 1.165) is 0 Å². The summed E-state index contributed by atoms with van der Waals surface area (Å²) in [6.07, 6.45) is 4.70. The van der Waals surface area contributed by atoms with Gasteiger partial charge in [-0.1, -0.05) is 12.2 Å². The van der Waals surface area contributed by atoms with Crippen LogP contribution < -0.4 is 26.7 Å². The van der Waals surface area contributed by atoms with Crippen molar-refractivity contribution < 1.29 is 34.2 Å². The molecule has 2 atom stereocenters. The highest BCUT2D eigenvalue weighted by molar-refractivity contribution is 6.13. The summed E-state index contributed by atoms with van der Waals surface area (Å²) in [7, 11) is 0. The molecule has 45 heavy (non-hydrogen) atoms. The second-order valence-electron chi connectivity index (χ2n) is 10.8. The number of hydrogen-bond acceptors (Lipinski definition) is 7. The summed E-state index contributed by atoms with van der Waals surface area (Å²) in [5, 5.41) is 22.6. The molecule has 13 heteroatoms. The molecule has 0 bridgehead atoms. The number of benzene rings is 2. The number of nitrogens with one attached hydrogen (secondary N) is 2. The Kier molecular flexibility index (Phi) is 7.00. The number of fused-ring (bicyclic) bond motifs is 2. The maximum atomic E-state index is 13.3. The van der Waals surface area contributed by atoms with E-state index in [-0.39, 0.29) is 39.9 Å². The lowest BCUT2D eigenvalue weighted by atomic mass is 9.85. The molecule has 1 fully saturated rings. The number of carboxylic acid groups (broad SMARTS) is 2. The highest BCUT2D eigenvalue weighted by atomic mass is 16.4. The molecule has 3 aromatic rings. The fraction of sp³-hybridized carbons (Fsp3) is 0.156. The maximum Gasteiger partial charge on any atom is 0.335 e. The van der Waals surface area contributed by atoms with E-state index < -0.39 is 35.2 Å². The third-order valence-electron chi connectivity index (χ3n) is 8.14. The van der Waals surface area contributed by atoms with Gasteiger partial charge in [-0.15, -0.1) is 0 Å². The number of rotatable bonds is 7. The van der Waals surface area contributed by atoms with Crippen LogP contribution in [0.3, 0.4) is 0 Å². The van der Waals surface area contributed by atoms with Crippen molar-refractivity contribution in [2.45, 2.75) is 20.3 Å². The molecule has 1 aromatic heterocycles. The SMILES string of the molecule is CC1=C(/C=C/CC2C(=O)N=c3[nH]n(-c4ccc(C(=O)O)cc4)c(=O)c3=C2C)C(=O)C=C2NN(c3ccc(C(=O)O)cc3)C(=O)C21. The zero-order chi connectivity index (χ0) is 32.2. The molecule has 13 nitrogen and oxygen atoms in total. The van der Waals surface area contributed by atoms with E-state index in [1.54, 1.807) is 26.0 Å². The summed E-state index contributed by atoms with van der Waals surface area (Å²) in [4.78, 5) is 79.1. The number of aromatic amines is 1. The van der Waals surface area contributed by atoms with Gasteiger partial charge >= 0.3 is 11.9 Å². The Hall–Kier alpha value is -6.11. The Labute approximate surface area is 253 Å². The van der Waals surface area contributed by atoms with Gasteiger partial charge in [0.05, 0.1) is 39.3 Å². The first-order valence-electron chi connectivity index (χ1n) is 13.8. The molecule has 2 unspecified atom stereocenters. The number of aromatic nitrogens is 2. The van der Waals surface area contributed by atoms with Crippen LogP contribution in [-0.4, -0.2) is 49.5 Å². The van der Waals surface area contributed by atoms with Gasteiger partial charge in [-0.05, 0) is 79.9 Å². The van der Waals surface area contributed by atoms with Gasteiger partial charge in [0.15, 0.2) is 11.3 Å². The van der Waals surface area contributed by atoms with E-state index in [9.17, 15) is 28.8 Å². The van der Waals surface area contributed by atoms with Crippen molar-refractivity contribution in [2.24, 2.45) is 16.8 Å². The van der Waals surface area contributed by atoms with Crippen molar-refractivity contribution >= 4 is 40.8 Å². The molecule has 2 aromatic carbocycles. The molecule has 1 saturated heterocycles. The molecular weight excluding hydrogens is 582 g/mol. The highest BCUT2D eigenvalue weighted by Gasteiger charge is 2.42. The van der Waals surface area contributed by atoms with Crippen LogP contribution in [0.5, 0.6) is 0 Å². The van der Waals surface area contributed by atoms with Crippen LogP contribution in [0.25, 0.3) is 11.3 Å². The van der Waals surface area contributed by atoms with E-state index in [0.29, 0.717) is 33.8 Å².